The summed E-state index contributed by atoms with van der Waals surface area (Å²) in [6.07, 6.45) is 2.91. The highest BCUT2D eigenvalue weighted by molar-refractivity contribution is 5.95. The fourth-order valence-corrected chi connectivity index (χ4v) is 2.75. The molecule has 1 amide bonds. The SMILES string of the molecule is Cc1cc(O)ccc1NC(=O)C1CCCCC1C(=O)O. The Morgan fingerprint density at radius 3 is 2.45 bits per heavy atom. The highest BCUT2D eigenvalue weighted by atomic mass is 16.4. The van der Waals surface area contributed by atoms with Crippen LogP contribution in [0.4, 0.5) is 5.69 Å². The fraction of sp³-hybridized carbons (Fsp3) is 0.467. The Bertz CT molecular complexity index is 527. The molecule has 3 N–H and O–H groups in total. The number of aryl methyl sites for hydroxylation is 1. The number of hydrogen-bond donors (Lipinski definition) is 3. The molecule has 0 radical (unpaired) electrons. The first kappa shape index (κ1) is 14.4. The monoisotopic (exact) mass is 277 g/mol. The molecule has 2 atom stereocenters. The van der Waals surface area contributed by atoms with Gasteiger partial charge in [0.1, 0.15) is 5.75 Å². The standard InChI is InChI=1S/C15H19NO4/c1-9-8-10(17)6-7-13(9)16-14(18)11-4-2-3-5-12(11)15(19)20/h6-8,11-12,17H,2-5H2,1H3,(H,16,18)(H,19,20). The number of phenols is 1. The number of nitrogens with one attached hydrogen (secondary N) is 1. The summed E-state index contributed by atoms with van der Waals surface area (Å²) in [6, 6.07) is 4.69. The van der Waals surface area contributed by atoms with E-state index < -0.39 is 17.8 Å². The lowest BCUT2D eigenvalue weighted by Gasteiger charge is -2.27. The molecule has 5 nitrogen and oxygen atoms in total. The predicted molar refractivity (Wildman–Crippen MR) is 74.6 cm³/mol. The molecule has 0 aliphatic heterocycles. The lowest BCUT2D eigenvalue weighted by Crippen LogP contribution is -2.36. The smallest absolute Gasteiger partial charge is 0.307 e. The van der Waals surface area contributed by atoms with Crippen LogP contribution in [0.2, 0.25) is 0 Å². The van der Waals surface area contributed by atoms with E-state index in [1.807, 2.05) is 0 Å². The molecule has 1 aliphatic carbocycles. The molecule has 1 aliphatic rings. The van der Waals surface area contributed by atoms with Crippen LogP contribution < -0.4 is 5.32 Å². The van der Waals surface area contributed by atoms with Crippen LogP contribution in [0.15, 0.2) is 18.2 Å². The molecule has 2 unspecified atom stereocenters. The van der Waals surface area contributed by atoms with E-state index in [0.29, 0.717) is 18.5 Å². The quantitative estimate of drug-likeness (QED) is 0.741. The van der Waals surface area contributed by atoms with Gasteiger partial charge >= 0.3 is 5.97 Å². The van der Waals surface area contributed by atoms with Crippen LogP contribution in [0.3, 0.4) is 0 Å². The first-order valence-corrected chi connectivity index (χ1v) is 6.82. The maximum absolute atomic E-state index is 12.3. The molecule has 1 aromatic carbocycles. The van der Waals surface area contributed by atoms with Crippen molar-refractivity contribution < 1.29 is 19.8 Å². The number of carboxylic acid groups (broad SMARTS) is 1. The minimum Gasteiger partial charge on any atom is -0.508 e. The molecule has 2 rings (SSSR count). The van der Waals surface area contributed by atoms with E-state index in [2.05, 4.69) is 5.32 Å². The van der Waals surface area contributed by atoms with Gasteiger partial charge in [-0.05, 0) is 43.5 Å². The maximum atomic E-state index is 12.3. The van der Waals surface area contributed by atoms with Crippen molar-refractivity contribution in [2.75, 3.05) is 5.32 Å². The number of aliphatic carboxylic acids is 1. The third-order valence-corrected chi connectivity index (χ3v) is 3.89. The molecular weight excluding hydrogens is 258 g/mol. The van der Waals surface area contributed by atoms with Gasteiger partial charge in [-0.3, -0.25) is 9.59 Å². The Morgan fingerprint density at radius 2 is 1.85 bits per heavy atom. The zero-order valence-corrected chi connectivity index (χ0v) is 11.4. The summed E-state index contributed by atoms with van der Waals surface area (Å²) < 4.78 is 0. The minimum absolute atomic E-state index is 0.140. The van der Waals surface area contributed by atoms with E-state index in [4.69, 9.17) is 0 Å². The van der Waals surface area contributed by atoms with Gasteiger partial charge in [0.15, 0.2) is 0 Å². The molecule has 0 saturated heterocycles. The average Bonchev–Trinajstić information content (AvgIpc) is 2.41. The Kier molecular flexibility index (Phi) is 4.27. The van der Waals surface area contributed by atoms with Crippen LogP contribution in [0.25, 0.3) is 0 Å². The van der Waals surface area contributed by atoms with Gasteiger partial charge in [-0.15, -0.1) is 0 Å². The molecule has 0 bridgehead atoms. The number of rotatable bonds is 3. The summed E-state index contributed by atoms with van der Waals surface area (Å²) in [6.45, 7) is 1.78. The number of amides is 1. The van der Waals surface area contributed by atoms with Gasteiger partial charge in [0.2, 0.25) is 5.91 Å². The number of carbonyl (C=O) groups excluding carboxylic acids is 1. The van der Waals surface area contributed by atoms with Gasteiger partial charge in [0, 0.05) is 5.69 Å². The zero-order chi connectivity index (χ0) is 14.7. The Hall–Kier alpha value is -2.04. The maximum Gasteiger partial charge on any atom is 0.307 e. The van der Waals surface area contributed by atoms with Gasteiger partial charge in [0.25, 0.3) is 0 Å². The fourth-order valence-electron chi connectivity index (χ4n) is 2.75. The van der Waals surface area contributed by atoms with Crippen molar-refractivity contribution in [3.63, 3.8) is 0 Å². The Balaban J connectivity index is 2.12. The van der Waals surface area contributed by atoms with Crippen molar-refractivity contribution >= 4 is 17.6 Å². The summed E-state index contributed by atoms with van der Waals surface area (Å²) in [5, 5.41) is 21.3. The summed E-state index contributed by atoms with van der Waals surface area (Å²) in [4.78, 5) is 23.5. The zero-order valence-electron chi connectivity index (χ0n) is 11.4. The largest absolute Gasteiger partial charge is 0.508 e. The topological polar surface area (TPSA) is 86.6 Å². The molecule has 0 spiro atoms. The molecule has 5 heteroatoms. The Morgan fingerprint density at radius 1 is 1.20 bits per heavy atom. The number of carboxylic acids is 1. The van der Waals surface area contributed by atoms with Crippen molar-refractivity contribution in [3.8, 4) is 5.75 Å². The highest BCUT2D eigenvalue weighted by Gasteiger charge is 2.35. The first-order chi connectivity index (χ1) is 9.49. The normalized spacial score (nSPS) is 22.2. The summed E-state index contributed by atoms with van der Waals surface area (Å²) in [5.74, 6) is -2.07. The van der Waals surface area contributed by atoms with Crippen LogP contribution in [0.5, 0.6) is 5.75 Å². The van der Waals surface area contributed by atoms with Gasteiger partial charge in [-0.1, -0.05) is 12.8 Å². The Labute approximate surface area is 117 Å². The highest BCUT2D eigenvalue weighted by Crippen LogP contribution is 2.31. The molecule has 1 saturated carbocycles. The number of carbonyl (C=O) groups is 2. The van der Waals surface area contributed by atoms with Gasteiger partial charge < -0.3 is 15.5 Å². The van der Waals surface area contributed by atoms with Crippen LogP contribution in [-0.4, -0.2) is 22.1 Å². The third-order valence-electron chi connectivity index (χ3n) is 3.89. The second-order valence-corrected chi connectivity index (χ2v) is 5.32. The van der Waals surface area contributed by atoms with Gasteiger partial charge in [-0.2, -0.15) is 0 Å². The summed E-state index contributed by atoms with van der Waals surface area (Å²) in [7, 11) is 0. The van der Waals surface area contributed by atoms with E-state index in [1.54, 1.807) is 19.1 Å². The van der Waals surface area contributed by atoms with Crippen molar-refractivity contribution in [3.05, 3.63) is 23.8 Å². The number of anilines is 1. The summed E-state index contributed by atoms with van der Waals surface area (Å²) >= 11 is 0. The lowest BCUT2D eigenvalue weighted by molar-refractivity contribution is -0.147. The van der Waals surface area contributed by atoms with E-state index in [0.717, 1.165) is 18.4 Å². The first-order valence-electron chi connectivity index (χ1n) is 6.82. The number of phenolic OH excluding ortho intramolecular Hbond substituents is 1. The van der Waals surface area contributed by atoms with Crippen molar-refractivity contribution in [2.24, 2.45) is 11.8 Å². The molecule has 0 aromatic heterocycles. The third kappa shape index (κ3) is 3.10. The van der Waals surface area contributed by atoms with Crippen molar-refractivity contribution in [2.45, 2.75) is 32.6 Å². The van der Waals surface area contributed by atoms with Gasteiger partial charge in [0.05, 0.1) is 11.8 Å². The van der Waals surface area contributed by atoms with Crippen LogP contribution in [-0.2, 0) is 9.59 Å². The number of benzene rings is 1. The molecule has 20 heavy (non-hydrogen) atoms. The minimum atomic E-state index is -0.896. The van der Waals surface area contributed by atoms with Crippen molar-refractivity contribution in [1.29, 1.82) is 0 Å². The van der Waals surface area contributed by atoms with E-state index in [-0.39, 0.29) is 11.7 Å². The van der Waals surface area contributed by atoms with Gasteiger partial charge in [-0.25, -0.2) is 0 Å². The molecule has 1 aromatic rings. The number of aromatic hydroxyl groups is 1. The van der Waals surface area contributed by atoms with E-state index in [9.17, 15) is 19.8 Å². The van der Waals surface area contributed by atoms with E-state index in [1.165, 1.54) is 6.07 Å². The molecule has 108 valence electrons. The predicted octanol–water partition coefficient (Wildman–Crippen LogP) is 2.53. The number of hydrogen-bond acceptors (Lipinski definition) is 3. The second-order valence-electron chi connectivity index (χ2n) is 5.32. The molecule has 0 heterocycles. The molecule has 1 fully saturated rings. The lowest BCUT2D eigenvalue weighted by atomic mass is 9.78. The second kappa shape index (κ2) is 5.94. The van der Waals surface area contributed by atoms with Crippen LogP contribution >= 0.6 is 0 Å². The summed E-state index contributed by atoms with van der Waals surface area (Å²) in [5.41, 5.74) is 1.36. The van der Waals surface area contributed by atoms with E-state index >= 15 is 0 Å². The molecular formula is C15H19NO4. The van der Waals surface area contributed by atoms with Crippen molar-refractivity contribution in [1.82, 2.24) is 0 Å². The van der Waals surface area contributed by atoms with Crippen LogP contribution in [0, 0.1) is 18.8 Å². The average molecular weight is 277 g/mol. The van der Waals surface area contributed by atoms with Crippen LogP contribution in [0.1, 0.15) is 31.2 Å².